The van der Waals surface area contributed by atoms with Crippen LogP contribution in [0.5, 0.6) is 0 Å². The number of imidazole rings is 1. The third-order valence-corrected chi connectivity index (χ3v) is 3.07. The molecule has 2 heterocycles. The summed E-state index contributed by atoms with van der Waals surface area (Å²) < 4.78 is 5.21. The summed E-state index contributed by atoms with van der Waals surface area (Å²) in [6.07, 6.45) is 3.87. The predicted octanol–water partition coefficient (Wildman–Crippen LogP) is 2.36. The molecule has 0 bridgehead atoms. The first-order valence-corrected chi connectivity index (χ1v) is 6.42. The molecule has 0 radical (unpaired) electrons. The van der Waals surface area contributed by atoms with Crippen molar-refractivity contribution in [3.8, 4) is 11.4 Å². The lowest BCUT2D eigenvalue weighted by molar-refractivity contribution is 0.354. The maximum absolute atomic E-state index is 6.04. The third kappa shape index (κ3) is 2.71. The van der Waals surface area contributed by atoms with Crippen LogP contribution in [0.2, 0.25) is 5.02 Å². The van der Waals surface area contributed by atoms with E-state index < -0.39 is 0 Å². The monoisotopic (exact) mass is 289 g/mol. The summed E-state index contributed by atoms with van der Waals surface area (Å²) in [5.41, 5.74) is 7.75. The van der Waals surface area contributed by atoms with Crippen molar-refractivity contribution in [1.82, 2.24) is 20.1 Å². The van der Waals surface area contributed by atoms with E-state index in [4.69, 9.17) is 21.9 Å². The number of nitrogens with zero attached hydrogens (tertiary/aromatic N) is 3. The molecule has 0 fully saturated rings. The van der Waals surface area contributed by atoms with Gasteiger partial charge in [-0.1, -0.05) is 28.9 Å². The van der Waals surface area contributed by atoms with Gasteiger partial charge in [-0.3, -0.25) is 0 Å². The summed E-state index contributed by atoms with van der Waals surface area (Å²) in [6, 6.07) is 6.88. The van der Waals surface area contributed by atoms with Gasteiger partial charge in [-0.05, 0) is 12.1 Å². The second kappa shape index (κ2) is 5.44. The van der Waals surface area contributed by atoms with E-state index >= 15 is 0 Å². The van der Waals surface area contributed by atoms with Gasteiger partial charge in [-0.15, -0.1) is 0 Å². The summed E-state index contributed by atoms with van der Waals surface area (Å²) >= 11 is 5.94. The van der Waals surface area contributed by atoms with E-state index in [2.05, 4.69) is 20.1 Å². The number of aromatic nitrogens is 4. The van der Waals surface area contributed by atoms with E-state index in [1.807, 2.05) is 12.1 Å². The first-order chi connectivity index (χ1) is 9.72. The molecule has 0 aliphatic carbocycles. The number of nitrogens with one attached hydrogen (secondary N) is 1. The number of hydrogen-bond donors (Lipinski definition) is 2. The largest absolute Gasteiger partial charge is 0.348 e. The van der Waals surface area contributed by atoms with Gasteiger partial charge < -0.3 is 15.2 Å². The van der Waals surface area contributed by atoms with Crippen LogP contribution in [0, 0.1) is 0 Å². The van der Waals surface area contributed by atoms with E-state index in [1.54, 1.807) is 24.7 Å². The Bertz CT molecular complexity index is 694. The van der Waals surface area contributed by atoms with E-state index in [9.17, 15) is 0 Å². The highest BCUT2D eigenvalue weighted by molar-refractivity contribution is 6.30. The molecule has 102 valence electrons. The Labute approximate surface area is 120 Å². The highest BCUT2D eigenvalue weighted by Crippen LogP contribution is 2.22. The third-order valence-electron chi connectivity index (χ3n) is 2.84. The van der Waals surface area contributed by atoms with Crippen LogP contribution >= 0.6 is 11.6 Å². The molecule has 20 heavy (non-hydrogen) atoms. The quantitative estimate of drug-likeness (QED) is 0.769. The molecular formula is C13H12ClN5O. The van der Waals surface area contributed by atoms with Crippen molar-refractivity contribution in [1.29, 1.82) is 0 Å². The Kier molecular flexibility index (Phi) is 3.49. The van der Waals surface area contributed by atoms with Gasteiger partial charge in [-0.25, -0.2) is 4.98 Å². The first kappa shape index (κ1) is 12.8. The highest BCUT2D eigenvalue weighted by Gasteiger charge is 2.16. The summed E-state index contributed by atoms with van der Waals surface area (Å²) in [5, 5.41) is 4.55. The Morgan fingerprint density at radius 1 is 1.40 bits per heavy atom. The van der Waals surface area contributed by atoms with Crippen molar-refractivity contribution in [2.45, 2.75) is 12.5 Å². The van der Waals surface area contributed by atoms with Gasteiger partial charge in [0.2, 0.25) is 11.7 Å². The fourth-order valence-corrected chi connectivity index (χ4v) is 2.04. The van der Waals surface area contributed by atoms with Crippen LogP contribution in [-0.2, 0) is 6.42 Å². The molecule has 0 aliphatic rings. The van der Waals surface area contributed by atoms with Crippen molar-refractivity contribution < 1.29 is 4.52 Å². The number of hydrogen-bond acceptors (Lipinski definition) is 5. The molecule has 1 aromatic carbocycles. The average Bonchev–Trinajstić information content (AvgIpc) is 3.09. The molecule has 3 aromatic rings. The molecule has 0 spiro atoms. The van der Waals surface area contributed by atoms with Crippen LogP contribution in [0.1, 0.15) is 17.6 Å². The first-order valence-electron chi connectivity index (χ1n) is 6.05. The molecule has 6 nitrogen and oxygen atoms in total. The van der Waals surface area contributed by atoms with Crippen LogP contribution in [-0.4, -0.2) is 20.1 Å². The van der Waals surface area contributed by atoms with Crippen molar-refractivity contribution in [2.75, 3.05) is 0 Å². The van der Waals surface area contributed by atoms with Crippen molar-refractivity contribution in [2.24, 2.45) is 5.73 Å². The number of aromatic amines is 1. The van der Waals surface area contributed by atoms with Crippen LogP contribution in [0.15, 0.2) is 41.3 Å². The maximum Gasteiger partial charge on any atom is 0.244 e. The smallest absolute Gasteiger partial charge is 0.244 e. The minimum atomic E-state index is -0.379. The number of halogens is 1. The molecule has 0 saturated carbocycles. The van der Waals surface area contributed by atoms with Crippen molar-refractivity contribution in [3.63, 3.8) is 0 Å². The number of nitrogens with two attached hydrogens (primary N) is 1. The molecule has 7 heteroatoms. The van der Waals surface area contributed by atoms with Crippen LogP contribution in [0.4, 0.5) is 0 Å². The molecule has 3 N–H and O–H groups in total. The van der Waals surface area contributed by atoms with Crippen molar-refractivity contribution >= 4 is 11.6 Å². The number of rotatable bonds is 4. The van der Waals surface area contributed by atoms with Gasteiger partial charge in [0.05, 0.1) is 12.4 Å². The number of H-pyrrole nitrogens is 1. The SMILES string of the molecule is N[C@H](Cc1cnc[nH]1)c1nc(-c2cccc(Cl)c2)no1. The zero-order chi connectivity index (χ0) is 13.9. The van der Waals surface area contributed by atoms with E-state index in [1.165, 1.54) is 0 Å². The average molecular weight is 290 g/mol. The lowest BCUT2D eigenvalue weighted by Crippen LogP contribution is -2.13. The fourth-order valence-electron chi connectivity index (χ4n) is 1.85. The summed E-state index contributed by atoms with van der Waals surface area (Å²) in [5.74, 6) is 0.858. The Balaban J connectivity index is 1.79. The van der Waals surface area contributed by atoms with Crippen molar-refractivity contribution in [3.05, 3.63) is 53.4 Å². The lowest BCUT2D eigenvalue weighted by Gasteiger charge is -2.03. The standard InChI is InChI=1S/C13H12ClN5O/c14-9-3-1-2-8(4-9)12-18-13(20-19-12)11(15)5-10-6-16-7-17-10/h1-4,6-7,11H,5,15H2,(H,16,17)/t11-/m1/s1. The van der Waals surface area contributed by atoms with Gasteiger partial charge in [0.1, 0.15) is 0 Å². The van der Waals surface area contributed by atoms with Gasteiger partial charge in [0.15, 0.2) is 0 Å². The highest BCUT2D eigenvalue weighted by atomic mass is 35.5. The normalized spacial score (nSPS) is 12.5. The van der Waals surface area contributed by atoms with E-state index in [0.29, 0.717) is 23.2 Å². The Hall–Kier alpha value is -2.18. The predicted molar refractivity (Wildman–Crippen MR) is 74.0 cm³/mol. The molecule has 2 aromatic heterocycles. The molecule has 3 rings (SSSR count). The summed E-state index contributed by atoms with van der Waals surface area (Å²) in [6.45, 7) is 0. The van der Waals surface area contributed by atoms with Gasteiger partial charge in [0, 0.05) is 28.9 Å². The zero-order valence-electron chi connectivity index (χ0n) is 10.5. The van der Waals surface area contributed by atoms with Crippen LogP contribution in [0.3, 0.4) is 0 Å². The Morgan fingerprint density at radius 3 is 3.05 bits per heavy atom. The second-order valence-corrected chi connectivity index (χ2v) is 4.79. The van der Waals surface area contributed by atoms with Gasteiger partial charge >= 0.3 is 0 Å². The van der Waals surface area contributed by atoms with Gasteiger partial charge in [0.25, 0.3) is 0 Å². The topological polar surface area (TPSA) is 93.6 Å². The molecular weight excluding hydrogens is 278 g/mol. The van der Waals surface area contributed by atoms with Crippen LogP contribution < -0.4 is 5.73 Å². The second-order valence-electron chi connectivity index (χ2n) is 4.35. The lowest BCUT2D eigenvalue weighted by atomic mass is 10.2. The molecule has 0 saturated heterocycles. The van der Waals surface area contributed by atoms with Gasteiger partial charge in [-0.2, -0.15) is 4.98 Å². The zero-order valence-corrected chi connectivity index (χ0v) is 11.2. The van der Waals surface area contributed by atoms with Crippen LogP contribution in [0.25, 0.3) is 11.4 Å². The minimum absolute atomic E-state index is 0.379. The summed E-state index contributed by atoms with van der Waals surface area (Å²) in [4.78, 5) is 11.2. The van der Waals surface area contributed by atoms with E-state index in [-0.39, 0.29) is 6.04 Å². The van der Waals surface area contributed by atoms with E-state index in [0.717, 1.165) is 11.3 Å². The maximum atomic E-state index is 6.04. The molecule has 0 amide bonds. The molecule has 0 unspecified atom stereocenters. The fraction of sp³-hybridized carbons (Fsp3) is 0.154. The minimum Gasteiger partial charge on any atom is -0.348 e. The molecule has 0 aliphatic heterocycles. The summed E-state index contributed by atoms with van der Waals surface area (Å²) in [7, 11) is 0. The number of benzene rings is 1. The molecule has 1 atom stereocenters. The Morgan fingerprint density at radius 2 is 2.30 bits per heavy atom.